The van der Waals surface area contributed by atoms with Crippen LogP contribution in [-0.4, -0.2) is 47.5 Å². The number of pyridine rings is 1. The molecular formula is C26H28ClN7O2. The number of urea groups is 1. The van der Waals surface area contributed by atoms with Crippen molar-refractivity contribution in [3.8, 4) is 6.19 Å². The summed E-state index contributed by atoms with van der Waals surface area (Å²) in [5.41, 5.74) is 2.47. The lowest BCUT2D eigenvalue weighted by molar-refractivity contribution is -0.584. The number of amides is 2. The van der Waals surface area contributed by atoms with Gasteiger partial charge in [0.2, 0.25) is 17.7 Å². The maximum Gasteiger partial charge on any atom is 0.321 e. The van der Waals surface area contributed by atoms with Gasteiger partial charge in [0, 0.05) is 49.4 Å². The van der Waals surface area contributed by atoms with Gasteiger partial charge < -0.3 is 25.6 Å². The Balaban J connectivity index is 1.56. The van der Waals surface area contributed by atoms with E-state index in [2.05, 4.69) is 29.5 Å². The first kappa shape index (κ1) is 25.1. The minimum absolute atomic E-state index is 0.0871. The van der Waals surface area contributed by atoms with Gasteiger partial charge in [-0.1, -0.05) is 31.5 Å². The number of nitrogens with one attached hydrogen (secondary N) is 2. The summed E-state index contributed by atoms with van der Waals surface area (Å²) in [5, 5.41) is 29.5. The fourth-order valence-corrected chi connectivity index (χ4v) is 4.50. The summed E-state index contributed by atoms with van der Waals surface area (Å²) in [6, 6.07) is 15.7. The van der Waals surface area contributed by atoms with Crippen molar-refractivity contribution in [2.45, 2.75) is 26.8 Å². The molecule has 0 saturated carbocycles. The summed E-state index contributed by atoms with van der Waals surface area (Å²) in [6.45, 7) is 7.29. The van der Waals surface area contributed by atoms with Crippen LogP contribution >= 0.6 is 11.6 Å². The number of guanidine groups is 1. The quantitative estimate of drug-likeness (QED) is 0.178. The van der Waals surface area contributed by atoms with Crippen LogP contribution in [0.25, 0.3) is 10.9 Å². The van der Waals surface area contributed by atoms with E-state index in [0.717, 1.165) is 10.1 Å². The van der Waals surface area contributed by atoms with Crippen LogP contribution in [0.3, 0.4) is 0 Å². The second-order valence-electron chi connectivity index (χ2n) is 9.06. The van der Waals surface area contributed by atoms with Crippen LogP contribution in [0, 0.1) is 29.5 Å². The summed E-state index contributed by atoms with van der Waals surface area (Å²) in [4.78, 5) is 20.8. The largest absolute Gasteiger partial charge is 0.618 e. The average molecular weight is 506 g/mol. The Hall–Kier alpha value is -4.03. The normalized spacial score (nSPS) is 16.2. The monoisotopic (exact) mass is 505 g/mol. The van der Waals surface area contributed by atoms with Crippen molar-refractivity contribution >= 4 is 45.9 Å². The molecule has 1 atom stereocenters. The first-order valence-corrected chi connectivity index (χ1v) is 12.1. The first-order valence-electron chi connectivity index (χ1n) is 11.7. The van der Waals surface area contributed by atoms with Gasteiger partial charge in [-0.05, 0) is 42.3 Å². The van der Waals surface area contributed by atoms with Gasteiger partial charge in [0.1, 0.15) is 0 Å². The van der Waals surface area contributed by atoms with Gasteiger partial charge in [0.05, 0.1) is 17.1 Å². The van der Waals surface area contributed by atoms with Crippen molar-refractivity contribution in [2.75, 3.05) is 30.3 Å². The van der Waals surface area contributed by atoms with Crippen LogP contribution < -0.4 is 15.4 Å². The number of fused-ring (bicyclic) bond motifs is 1. The number of piperazine rings is 1. The zero-order valence-electron chi connectivity index (χ0n) is 20.4. The molecule has 0 spiro atoms. The summed E-state index contributed by atoms with van der Waals surface area (Å²) in [6.07, 6.45) is 1.90. The predicted molar refractivity (Wildman–Crippen MR) is 142 cm³/mol. The molecule has 1 unspecified atom stereocenters. The Morgan fingerprint density at radius 1 is 1.17 bits per heavy atom. The van der Waals surface area contributed by atoms with E-state index in [1.807, 2.05) is 23.2 Å². The highest BCUT2D eigenvalue weighted by molar-refractivity contribution is 6.30. The maximum absolute atomic E-state index is 13.0. The van der Waals surface area contributed by atoms with Crippen LogP contribution in [0.5, 0.6) is 0 Å². The third kappa shape index (κ3) is 5.29. The summed E-state index contributed by atoms with van der Waals surface area (Å²) in [5.74, 6) is 0.556. The minimum atomic E-state index is -0.196. The third-order valence-electron chi connectivity index (χ3n) is 6.36. The molecule has 1 saturated heterocycles. The number of aromatic nitrogens is 1. The van der Waals surface area contributed by atoms with E-state index in [4.69, 9.17) is 11.6 Å². The molecule has 1 aliphatic heterocycles. The van der Waals surface area contributed by atoms with Gasteiger partial charge in [-0.2, -0.15) is 9.99 Å². The number of hydrogen-bond donors (Lipinski definition) is 2. The number of carbonyl (C=O) groups excluding carboxylic acids is 1. The summed E-state index contributed by atoms with van der Waals surface area (Å²) in [7, 11) is 0. The number of nitriles is 1. The van der Waals surface area contributed by atoms with Crippen LogP contribution in [0.1, 0.15) is 19.5 Å². The topological polar surface area (TPSA) is 111 Å². The van der Waals surface area contributed by atoms with E-state index in [1.54, 1.807) is 54.3 Å². The second-order valence-corrected chi connectivity index (χ2v) is 9.49. The molecule has 10 heteroatoms. The van der Waals surface area contributed by atoms with Crippen molar-refractivity contribution < 1.29 is 9.52 Å². The van der Waals surface area contributed by atoms with Gasteiger partial charge >= 0.3 is 6.03 Å². The zero-order valence-corrected chi connectivity index (χ0v) is 21.2. The molecule has 1 fully saturated rings. The number of anilines is 2. The van der Waals surface area contributed by atoms with E-state index in [9.17, 15) is 15.3 Å². The molecule has 9 nitrogen and oxygen atoms in total. The lowest BCUT2D eigenvalue weighted by Crippen LogP contribution is -2.60. The van der Waals surface area contributed by atoms with Gasteiger partial charge in [0.15, 0.2) is 5.69 Å². The predicted octanol–water partition coefficient (Wildman–Crippen LogP) is 4.56. The number of hydrogen-bond acceptors (Lipinski definition) is 4. The molecule has 0 bridgehead atoms. The van der Waals surface area contributed by atoms with E-state index in [-0.39, 0.29) is 18.0 Å². The highest BCUT2D eigenvalue weighted by Gasteiger charge is 2.34. The molecule has 2 N–H and O–H groups in total. The Morgan fingerprint density at radius 2 is 1.92 bits per heavy atom. The lowest BCUT2D eigenvalue weighted by atomic mass is 10.00. The van der Waals surface area contributed by atoms with E-state index in [0.29, 0.717) is 53.2 Å². The molecule has 186 valence electrons. The minimum Gasteiger partial charge on any atom is -0.618 e. The molecule has 0 aliphatic carbocycles. The Morgan fingerprint density at radius 3 is 2.61 bits per heavy atom. The number of aryl methyl sites for hydroxylation is 1. The molecule has 2 aromatic carbocycles. The molecule has 1 aliphatic rings. The van der Waals surface area contributed by atoms with Gasteiger partial charge in [-0.15, -0.1) is 4.99 Å². The fourth-order valence-electron chi connectivity index (χ4n) is 4.37. The highest BCUT2D eigenvalue weighted by Crippen LogP contribution is 2.24. The van der Waals surface area contributed by atoms with Crippen molar-refractivity contribution in [2.24, 2.45) is 10.9 Å². The summed E-state index contributed by atoms with van der Waals surface area (Å²) < 4.78 is 0.886. The van der Waals surface area contributed by atoms with Crippen LogP contribution in [0.15, 0.2) is 59.6 Å². The highest BCUT2D eigenvalue weighted by atomic mass is 35.5. The van der Waals surface area contributed by atoms with Gasteiger partial charge in [-0.3, -0.25) is 0 Å². The number of rotatable bonds is 3. The van der Waals surface area contributed by atoms with Crippen molar-refractivity contribution in [1.82, 2.24) is 9.80 Å². The van der Waals surface area contributed by atoms with E-state index < -0.39 is 0 Å². The van der Waals surface area contributed by atoms with Gasteiger partial charge in [0.25, 0.3) is 0 Å². The third-order valence-corrected chi connectivity index (χ3v) is 6.61. The van der Waals surface area contributed by atoms with Crippen molar-refractivity contribution in [1.29, 1.82) is 5.26 Å². The number of halogens is 1. The smallest absolute Gasteiger partial charge is 0.321 e. The molecule has 36 heavy (non-hydrogen) atoms. The average Bonchev–Trinajstić information content (AvgIpc) is 2.87. The van der Waals surface area contributed by atoms with Crippen LogP contribution in [-0.2, 0) is 0 Å². The lowest BCUT2D eigenvalue weighted by Gasteiger charge is -2.44. The molecular weight excluding hydrogens is 478 g/mol. The molecule has 0 radical (unpaired) electrons. The van der Waals surface area contributed by atoms with Crippen molar-refractivity contribution in [3.05, 3.63) is 70.5 Å². The number of benzene rings is 2. The molecule has 2 heterocycles. The number of aliphatic imine (C=N–C) groups is 1. The standard InChI is InChI=1S/C26H28ClN7O2/c1-17(2)24-15-32(26(35)30-20-10-8-19(27)9-11-20)13-14-33(24)25(29-16-28)31-22-5-4-6-23-21(22)12-7-18(3)34(23)36/h4-12,17,24H,13-15H2,1-3H3,(H,29,31)(H,30,35). The molecule has 4 rings (SSSR count). The number of nitrogens with zero attached hydrogens (tertiary/aromatic N) is 5. The van der Waals surface area contributed by atoms with E-state index in [1.165, 1.54) is 0 Å². The summed E-state index contributed by atoms with van der Waals surface area (Å²) >= 11 is 5.94. The van der Waals surface area contributed by atoms with Crippen LogP contribution in [0.2, 0.25) is 5.02 Å². The SMILES string of the molecule is Cc1ccc2c(N/C(=N/C#N)N3CCN(C(=O)Nc4ccc(Cl)cc4)CC3C(C)C)cccc2[n+]1[O-]. The second kappa shape index (κ2) is 10.7. The molecule has 3 aromatic rings. The zero-order chi connectivity index (χ0) is 25.8. The Labute approximate surface area is 215 Å². The first-order chi connectivity index (χ1) is 17.3. The van der Waals surface area contributed by atoms with E-state index >= 15 is 0 Å². The molecule has 1 aromatic heterocycles. The van der Waals surface area contributed by atoms with Crippen molar-refractivity contribution in [3.63, 3.8) is 0 Å². The maximum atomic E-state index is 13.0. The van der Waals surface area contributed by atoms with Gasteiger partial charge in [-0.25, -0.2) is 4.79 Å². The molecule has 2 amide bonds. The Bertz CT molecular complexity index is 1330. The fraction of sp³-hybridized carbons (Fsp3) is 0.308. The Kier molecular flexibility index (Phi) is 7.46. The number of carbonyl (C=O) groups is 1. The van der Waals surface area contributed by atoms with Crippen LogP contribution in [0.4, 0.5) is 16.2 Å².